The molecule has 0 saturated carbocycles. The number of rotatable bonds is 16. The number of carbonyl (C=O) groups excluding carboxylic acids is 3. The molecule has 1 N–H and O–H groups in total. The van der Waals surface area contributed by atoms with Gasteiger partial charge in [0, 0.05) is 18.1 Å². The van der Waals surface area contributed by atoms with Crippen molar-refractivity contribution in [2.45, 2.75) is 51.4 Å². The number of nitrogens with one attached hydrogen (secondary N) is 1. The van der Waals surface area contributed by atoms with Crippen LogP contribution in [-0.4, -0.2) is 57.4 Å². The highest BCUT2D eigenvalue weighted by Crippen LogP contribution is 2.47. The molecule has 3 atom stereocenters. The van der Waals surface area contributed by atoms with Crippen LogP contribution in [-0.2, 0) is 29.7 Å². The fourth-order valence-corrected chi connectivity index (χ4v) is 5.20. The van der Waals surface area contributed by atoms with E-state index in [1.165, 1.54) is 21.3 Å². The number of Topliss-reactive ketones (excluding diaryl/α,β-unsaturated/α-hetero) is 1. The van der Waals surface area contributed by atoms with E-state index in [1.54, 1.807) is 93.6 Å². The van der Waals surface area contributed by atoms with E-state index >= 15 is 0 Å². The SMILES string of the molecule is COC(=O)[C@H](Cc1ccc(OP(OCCC#N)O[C@@H](C(=O)c2ccccc2)c2cc(OC)cc(OC)c2)cc1)NC(=O)OC(C)(C)C. The number of nitriles is 1. The average Bonchev–Trinajstić information content (AvgIpc) is 3.06. The summed E-state index contributed by atoms with van der Waals surface area (Å²) in [6.07, 6.45) is -1.76. The Morgan fingerprint density at radius 3 is 2.09 bits per heavy atom. The summed E-state index contributed by atoms with van der Waals surface area (Å²) in [7, 11) is 2.00. The minimum Gasteiger partial charge on any atom is -0.497 e. The van der Waals surface area contributed by atoms with E-state index in [1.807, 2.05) is 6.07 Å². The van der Waals surface area contributed by atoms with Crippen molar-refractivity contribution >= 4 is 26.4 Å². The maximum absolute atomic E-state index is 13.8. The Morgan fingerprint density at radius 1 is 0.894 bits per heavy atom. The second-order valence-corrected chi connectivity index (χ2v) is 12.1. The topological polar surface area (TPSA) is 152 Å². The second kappa shape index (κ2) is 17.9. The number of ketones is 1. The van der Waals surface area contributed by atoms with Crippen LogP contribution >= 0.6 is 8.60 Å². The zero-order chi connectivity index (χ0) is 34.4. The number of ether oxygens (including phenoxy) is 4. The molecule has 250 valence electrons. The van der Waals surface area contributed by atoms with Crippen LogP contribution in [0.5, 0.6) is 17.2 Å². The predicted molar refractivity (Wildman–Crippen MR) is 173 cm³/mol. The first kappa shape index (κ1) is 36.8. The van der Waals surface area contributed by atoms with Gasteiger partial charge in [-0.25, -0.2) is 9.59 Å². The first-order valence-electron chi connectivity index (χ1n) is 14.6. The van der Waals surface area contributed by atoms with Gasteiger partial charge in [-0.2, -0.15) is 5.26 Å². The van der Waals surface area contributed by atoms with Crippen LogP contribution in [0, 0.1) is 11.3 Å². The molecule has 0 fully saturated rings. The Labute approximate surface area is 275 Å². The van der Waals surface area contributed by atoms with Gasteiger partial charge in [0.05, 0.1) is 40.4 Å². The van der Waals surface area contributed by atoms with Gasteiger partial charge in [0.15, 0.2) is 11.9 Å². The van der Waals surface area contributed by atoms with Gasteiger partial charge < -0.3 is 33.3 Å². The lowest BCUT2D eigenvalue weighted by atomic mass is 9.99. The van der Waals surface area contributed by atoms with E-state index in [9.17, 15) is 14.4 Å². The van der Waals surface area contributed by atoms with Crippen molar-refractivity contribution in [3.8, 4) is 23.3 Å². The van der Waals surface area contributed by atoms with Crippen LogP contribution in [0.1, 0.15) is 54.8 Å². The van der Waals surface area contributed by atoms with Crippen molar-refractivity contribution in [2.24, 2.45) is 0 Å². The lowest BCUT2D eigenvalue weighted by Gasteiger charge is -2.24. The first-order valence-corrected chi connectivity index (χ1v) is 15.7. The second-order valence-electron chi connectivity index (χ2n) is 11.0. The van der Waals surface area contributed by atoms with Crippen LogP contribution in [0.2, 0.25) is 0 Å². The summed E-state index contributed by atoms with van der Waals surface area (Å²) < 4.78 is 39.1. The first-order chi connectivity index (χ1) is 22.5. The molecule has 3 rings (SSSR count). The van der Waals surface area contributed by atoms with E-state index in [-0.39, 0.29) is 25.2 Å². The van der Waals surface area contributed by atoms with Crippen molar-refractivity contribution in [2.75, 3.05) is 27.9 Å². The molecular weight excluding hydrogens is 627 g/mol. The van der Waals surface area contributed by atoms with E-state index in [2.05, 4.69) is 5.32 Å². The molecule has 0 aliphatic rings. The van der Waals surface area contributed by atoms with E-state index in [0.717, 1.165) is 0 Å². The van der Waals surface area contributed by atoms with Crippen LogP contribution in [0.25, 0.3) is 0 Å². The van der Waals surface area contributed by atoms with Crippen molar-refractivity contribution in [1.82, 2.24) is 5.32 Å². The lowest BCUT2D eigenvalue weighted by molar-refractivity contribution is -0.143. The highest BCUT2D eigenvalue weighted by atomic mass is 31.2. The molecule has 13 heteroatoms. The molecule has 0 saturated heterocycles. The molecule has 0 aliphatic heterocycles. The summed E-state index contributed by atoms with van der Waals surface area (Å²) in [4.78, 5) is 38.5. The molecule has 0 aromatic heterocycles. The maximum atomic E-state index is 13.8. The van der Waals surface area contributed by atoms with Crippen molar-refractivity contribution < 1.29 is 46.9 Å². The quantitative estimate of drug-likeness (QED) is 0.0773. The normalized spacial score (nSPS) is 12.9. The third kappa shape index (κ3) is 11.9. The molecule has 0 spiro atoms. The molecule has 0 radical (unpaired) electrons. The number of amides is 1. The summed E-state index contributed by atoms with van der Waals surface area (Å²) in [5.41, 5.74) is 0.774. The Balaban J connectivity index is 1.86. The van der Waals surface area contributed by atoms with Crippen molar-refractivity contribution in [3.63, 3.8) is 0 Å². The Morgan fingerprint density at radius 2 is 1.53 bits per heavy atom. The summed E-state index contributed by atoms with van der Waals surface area (Å²) >= 11 is 0. The molecule has 3 aromatic carbocycles. The predicted octanol–water partition coefficient (Wildman–Crippen LogP) is 6.49. The van der Waals surface area contributed by atoms with Crippen LogP contribution in [0.3, 0.4) is 0 Å². The van der Waals surface area contributed by atoms with Crippen LogP contribution in [0.15, 0.2) is 72.8 Å². The summed E-state index contributed by atoms with van der Waals surface area (Å²) in [6.45, 7) is 5.14. The molecule has 12 nitrogen and oxygen atoms in total. The maximum Gasteiger partial charge on any atom is 0.408 e. The van der Waals surface area contributed by atoms with Gasteiger partial charge in [-0.15, -0.1) is 0 Å². The fraction of sp³-hybridized carbons (Fsp3) is 0.353. The third-order valence-corrected chi connectivity index (χ3v) is 7.43. The summed E-state index contributed by atoms with van der Waals surface area (Å²) in [5.74, 6) is 0.239. The zero-order valence-electron chi connectivity index (χ0n) is 27.2. The smallest absolute Gasteiger partial charge is 0.408 e. The molecule has 0 heterocycles. The molecular formula is C34H39N2O10P. The number of hydrogen-bond acceptors (Lipinski definition) is 11. The Kier molecular flexibility index (Phi) is 14.0. The largest absolute Gasteiger partial charge is 0.497 e. The monoisotopic (exact) mass is 666 g/mol. The Hall–Kier alpha value is -4.69. The highest BCUT2D eigenvalue weighted by Gasteiger charge is 2.31. The van der Waals surface area contributed by atoms with Crippen LogP contribution < -0.4 is 19.3 Å². The molecule has 0 bridgehead atoms. The molecule has 1 unspecified atom stereocenters. The number of benzene rings is 3. The molecule has 47 heavy (non-hydrogen) atoms. The fourth-order valence-electron chi connectivity index (χ4n) is 4.12. The van der Waals surface area contributed by atoms with Gasteiger partial charge in [0.25, 0.3) is 0 Å². The molecule has 0 aliphatic carbocycles. The van der Waals surface area contributed by atoms with Gasteiger partial charge in [-0.05, 0) is 56.2 Å². The number of carbonyl (C=O) groups is 3. The highest BCUT2D eigenvalue weighted by molar-refractivity contribution is 7.42. The summed E-state index contributed by atoms with van der Waals surface area (Å²) in [6, 6.07) is 21.3. The third-order valence-electron chi connectivity index (χ3n) is 6.29. The van der Waals surface area contributed by atoms with Gasteiger partial charge in [0.1, 0.15) is 28.9 Å². The minimum atomic E-state index is -2.23. The standard InChI is InChI=1S/C34H39N2O10P/c1-34(2,3)44-33(39)36-29(32(38)42-6)19-23-13-15-26(16-14-23)45-47(43-18-10-17-35)46-31(30(37)24-11-8-7-9-12-24)25-20-27(40-4)22-28(21-25)41-5/h7-9,11-16,20-22,29,31H,10,18-19H2,1-6H3,(H,36,39)/t29-,31+,47?/m0/s1. The van der Waals surface area contributed by atoms with Crippen molar-refractivity contribution in [3.05, 3.63) is 89.5 Å². The lowest BCUT2D eigenvalue weighted by Crippen LogP contribution is -2.45. The van der Waals surface area contributed by atoms with E-state index < -0.39 is 38.4 Å². The van der Waals surface area contributed by atoms with Gasteiger partial charge in [0.2, 0.25) is 0 Å². The average molecular weight is 667 g/mol. The van der Waals surface area contributed by atoms with Crippen LogP contribution in [0.4, 0.5) is 4.79 Å². The number of hydrogen-bond donors (Lipinski definition) is 1. The molecule has 1 amide bonds. The molecule has 3 aromatic rings. The minimum absolute atomic E-state index is 0.00882. The van der Waals surface area contributed by atoms with Gasteiger partial charge in [-0.3, -0.25) is 9.32 Å². The summed E-state index contributed by atoms with van der Waals surface area (Å²) in [5, 5.41) is 11.6. The number of alkyl carbamates (subject to hydrolysis) is 1. The van der Waals surface area contributed by atoms with Crippen molar-refractivity contribution in [1.29, 1.82) is 5.26 Å². The Bertz CT molecular complexity index is 1500. The zero-order valence-corrected chi connectivity index (χ0v) is 28.1. The van der Waals surface area contributed by atoms with E-state index in [0.29, 0.717) is 33.9 Å². The number of methoxy groups -OCH3 is 3. The van der Waals surface area contributed by atoms with E-state index in [4.69, 9.17) is 37.8 Å². The number of esters is 1. The van der Waals surface area contributed by atoms with Gasteiger partial charge >= 0.3 is 20.7 Å². The van der Waals surface area contributed by atoms with Gasteiger partial charge in [-0.1, -0.05) is 42.5 Å². The number of nitrogens with zero attached hydrogens (tertiary/aromatic N) is 1.